The van der Waals surface area contributed by atoms with Gasteiger partial charge < -0.3 is 10.1 Å². The van der Waals surface area contributed by atoms with Gasteiger partial charge in [-0.3, -0.25) is 4.79 Å². The number of nitrogens with one attached hydrogen (secondary N) is 1. The van der Waals surface area contributed by atoms with E-state index in [1.54, 1.807) is 6.92 Å². The fraction of sp³-hybridized carbons (Fsp3) is 0.444. The van der Waals surface area contributed by atoms with Crippen LogP contribution in [-0.4, -0.2) is 39.8 Å². The van der Waals surface area contributed by atoms with E-state index in [2.05, 4.69) is 15.4 Å². The molecule has 0 aliphatic carbocycles. The van der Waals surface area contributed by atoms with Gasteiger partial charge in [0.2, 0.25) is 0 Å². The molecule has 2 rings (SSSR count). The van der Waals surface area contributed by atoms with Crippen LogP contribution in [0.5, 0.6) is 0 Å². The summed E-state index contributed by atoms with van der Waals surface area (Å²) in [6, 6.07) is 2.03. The predicted octanol–water partition coefficient (Wildman–Crippen LogP) is 2.91. The van der Waals surface area contributed by atoms with E-state index in [-0.39, 0.29) is 11.4 Å². The van der Waals surface area contributed by atoms with Crippen molar-refractivity contribution in [1.82, 2.24) is 20.1 Å². The van der Waals surface area contributed by atoms with E-state index < -0.39 is 30.2 Å². The van der Waals surface area contributed by atoms with Crippen molar-refractivity contribution in [3.63, 3.8) is 0 Å². The number of hydrogen-bond donors (Lipinski definition) is 1. The smallest absolute Gasteiger partial charge is 0.417 e. The van der Waals surface area contributed by atoms with Gasteiger partial charge in [0.05, 0.1) is 17.5 Å². The lowest BCUT2D eigenvalue weighted by atomic mass is 10.1. The summed E-state index contributed by atoms with van der Waals surface area (Å²) in [7, 11) is 0. The second kappa shape index (κ2) is 8.85. The summed E-state index contributed by atoms with van der Waals surface area (Å²) in [5, 5.41) is 6.61. The van der Waals surface area contributed by atoms with Crippen molar-refractivity contribution in [1.29, 1.82) is 0 Å². The molecule has 0 bridgehead atoms. The molecule has 152 valence electrons. The van der Waals surface area contributed by atoms with Gasteiger partial charge in [-0.1, -0.05) is 13.8 Å². The Morgan fingerprint density at radius 3 is 2.54 bits per heavy atom. The fourth-order valence-electron chi connectivity index (χ4n) is 2.28. The molecule has 0 aliphatic heterocycles. The first-order chi connectivity index (χ1) is 13.1. The highest BCUT2D eigenvalue weighted by atomic mass is 19.4. The third-order valence-electron chi connectivity index (χ3n) is 3.90. The second-order valence-corrected chi connectivity index (χ2v) is 6.57. The third kappa shape index (κ3) is 5.54. The maximum atomic E-state index is 12.6. The van der Waals surface area contributed by atoms with Gasteiger partial charge in [0.25, 0.3) is 5.91 Å². The van der Waals surface area contributed by atoms with E-state index in [1.165, 1.54) is 10.9 Å². The Kier molecular flexibility index (Phi) is 6.76. The molecule has 7 nitrogen and oxygen atoms in total. The van der Waals surface area contributed by atoms with Crippen LogP contribution in [0.15, 0.2) is 24.5 Å². The number of hydrogen-bond acceptors (Lipinski definition) is 5. The van der Waals surface area contributed by atoms with Crippen LogP contribution >= 0.6 is 0 Å². The zero-order chi connectivity index (χ0) is 20.9. The minimum absolute atomic E-state index is 0.0941. The number of carbonyl (C=O) groups is 2. The summed E-state index contributed by atoms with van der Waals surface area (Å²) >= 11 is 0. The Morgan fingerprint density at radius 2 is 1.96 bits per heavy atom. The number of alkyl halides is 3. The highest BCUT2D eigenvalue weighted by Crippen LogP contribution is 2.28. The van der Waals surface area contributed by atoms with E-state index in [1.807, 2.05) is 13.8 Å². The van der Waals surface area contributed by atoms with Crippen LogP contribution in [0, 0.1) is 12.8 Å². The molecule has 2 aromatic rings. The lowest BCUT2D eigenvalue weighted by Crippen LogP contribution is -2.30. The molecule has 0 spiro atoms. The maximum Gasteiger partial charge on any atom is 0.417 e. The minimum Gasteiger partial charge on any atom is -0.452 e. The predicted molar refractivity (Wildman–Crippen MR) is 93.8 cm³/mol. The topological polar surface area (TPSA) is 86.1 Å². The Labute approximate surface area is 159 Å². The van der Waals surface area contributed by atoms with Crippen LogP contribution in [0.2, 0.25) is 0 Å². The minimum atomic E-state index is -4.49. The first kappa shape index (κ1) is 21.4. The Balaban J connectivity index is 2.00. The number of nitrogens with zero attached hydrogens (tertiary/aromatic N) is 3. The van der Waals surface area contributed by atoms with Crippen LogP contribution < -0.4 is 5.32 Å². The van der Waals surface area contributed by atoms with Gasteiger partial charge in [-0.05, 0) is 31.4 Å². The number of esters is 1. The Bertz CT molecular complexity index is 830. The molecule has 0 unspecified atom stereocenters. The van der Waals surface area contributed by atoms with Gasteiger partial charge in [-0.15, -0.1) is 0 Å². The van der Waals surface area contributed by atoms with E-state index >= 15 is 0 Å². The van der Waals surface area contributed by atoms with Crippen molar-refractivity contribution < 1.29 is 27.5 Å². The van der Waals surface area contributed by atoms with E-state index in [0.29, 0.717) is 24.4 Å². The van der Waals surface area contributed by atoms with Gasteiger partial charge in [-0.25, -0.2) is 14.5 Å². The number of pyridine rings is 1. The van der Waals surface area contributed by atoms with Crippen molar-refractivity contribution in [2.24, 2.45) is 5.92 Å². The number of rotatable bonds is 7. The normalized spacial score (nSPS) is 11.5. The van der Waals surface area contributed by atoms with Crippen molar-refractivity contribution in [2.75, 3.05) is 13.2 Å². The van der Waals surface area contributed by atoms with E-state index in [9.17, 15) is 22.8 Å². The highest BCUT2D eigenvalue weighted by Gasteiger charge is 2.30. The molecular weight excluding hydrogens is 377 g/mol. The molecule has 0 fully saturated rings. The van der Waals surface area contributed by atoms with Gasteiger partial charge in [0.15, 0.2) is 12.4 Å². The summed E-state index contributed by atoms with van der Waals surface area (Å²) in [6.45, 7) is 5.66. The molecule has 0 saturated carbocycles. The molecule has 10 heteroatoms. The monoisotopic (exact) mass is 398 g/mol. The number of amides is 1. The third-order valence-corrected chi connectivity index (χ3v) is 3.90. The average Bonchev–Trinajstić information content (AvgIpc) is 3.00. The molecule has 1 N–H and O–H groups in total. The van der Waals surface area contributed by atoms with Gasteiger partial charge in [0, 0.05) is 12.7 Å². The van der Waals surface area contributed by atoms with Gasteiger partial charge >= 0.3 is 12.1 Å². The van der Waals surface area contributed by atoms with E-state index in [0.717, 1.165) is 18.6 Å². The summed E-state index contributed by atoms with van der Waals surface area (Å²) in [4.78, 5) is 27.6. The fourth-order valence-corrected chi connectivity index (χ4v) is 2.28. The summed E-state index contributed by atoms with van der Waals surface area (Å²) < 4.78 is 44.1. The zero-order valence-corrected chi connectivity index (χ0v) is 15.7. The molecule has 0 saturated heterocycles. The van der Waals surface area contributed by atoms with Gasteiger partial charge in [-0.2, -0.15) is 18.3 Å². The number of carbonyl (C=O) groups excluding carboxylic acids is 2. The maximum absolute atomic E-state index is 12.6. The first-order valence-corrected chi connectivity index (χ1v) is 8.61. The highest BCUT2D eigenvalue weighted by molar-refractivity contribution is 5.92. The van der Waals surface area contributed by atoms with Crippen molar-refractivity contribution in [3.8, 4) is 5.82 Å². The van der Waals surface area contributed by atoms with Crippen LogP contribution in [0.1, 0.15) is 41.9 Å². The van der Waals surface area contributed by atoms with Crippen LogP contribution in [-0.2, 0) is 15.7 Å². The van der Waals surface area contributed by atoms with Crippen LogP contribution in [0.25, 0.3) is 5.82 Å². The van der Waals surface area contributed by atoms with Crippen LogP contribution in [0.4, 0.5) is 13.2 Å². The lowest BCUT2D eigenvalue weighted by Gasteiger charge is -2.09. The molecule has 0 atom stereocenters. The zero-order valence-electron chi connectivity index (χ0n) is 15.7. The quantitative estimate of drug-likeness (QED) is 0.725. The Morgan fingerprint density at radius 1 is 1.25 bits per heavy atom. The molecule has 2 aromatic heterocycles. The number of halogens is 3. The second-order valence-electron chi connectivity index (χ2n) is 6.57. The Hall–Kier alpha value is -2.91. The van der Waals surface area contributed by atoms with Crippen molar-refractivity contribution in [3.05, 3.63) is 41.3 Å². The van der Waals surface area contributed by atoms with Gasteiger partial charge in [0.1, 0.15) is 5.56 Å². The first-order valence-electron chi connectivity index (χ1n) is 8.61. The summed E-state index contributed by atoms with van der Waals surface area (Å²) in [5.74, 6) is -0.607. The summed E-state index contributed by atoms with van der Waals surface area (Å²) in [5.41, 5.74) is -0.460. The number of aromatic nitrogens is 3. The molecule has 1 amide bonds. The molecule has 0 aromatic carbocycles. The lowest BCUT2D eigenvalue weighted by molar-refractivity contribution is -0.137. The van der Waals surface area contributed by atoms with E-state index in [4.69, 9.17) is 4.74 Å². The van der Waals surface area contributed by atoms with Crippen molar-refractivity contribution >= 4 is 11.9 Å². The average molecular weight is 398 g/mol. The largest absolute Gasteiger partial charge is 0.452 e. The molecule has 0 radical (unpaired) electrons. The molecule has 2 heterocycles. The number of ether oxygens (including phenoxy) is 1. The van der Waals surface area contributed by atoms with Crippen molar-refractivity contribution in [2.45, 2.75) is 33.4 Å². The molecular formula is C18H21F3N4O3. The van der Waals surface area contributed by atoms with Crippen LogP contribution in [0.3, 0.4) is 0 Å². The SMILES string of the molecule is Cc1c(C(=O)OCC(=O)NCCC(C)C)cnn1-c1ccc(C(F)(F)F)cn1. The summed E-state index contributed by atoms with van der Waals surface area (Å²) in [6.07, 6.45) is -1.77. The molecule has 0 aliphatic rings. The molecule has 28 heavy (non-hydrogen) atoms. The standard InChI is InChI=1S/C18H21F3N4O3/c1-11(2)6-7-22-16(26)10-28-17(27)14-9-24-25(12(14)3)15-5-4-13(8-23-15)18(19,20)21/h4-5,8-9,11H,6-7,10H2,1-3H3,(H,22,26).